The van der Waals surface area contributed by atoms with Gasteiger partial charge in [-0.05, 0) is 11.3 Å². The molecule has 1 aromatic rings. The number of hydrogen-bond donors (Lipinski definition) is 2. The Morgan fingerprint density at radius 2 is 2.20 bits per heavy atom. The summed E-state index contributed by atoms with van der Waals surface area (Å²) in [6.45, 7) is 0. The first-order valence-corrected chi connectivity index (χ1v) is 3.34. The highest BCUT2D eigenvalue weighted by Gasteiger charge is 1.96. The molecule has 0 saturated heterocycles. The lowest BCUT2D eigenvalue weighted by atomic mass is 11.3. The van der Waals surface area contributed by atoms with E-state index < -0.39 is 0 Å². The van der Waals surface area contributed by atoms with Crippen LogP contribution in [0.1, 0.15) is 0 Å². The van der Waals surface area contributed by atoms with Gasteiger partial charge in [0, 0.05) is 0 Å². The van der Waals surface area contributed by atoms with Gasteiger partial charge in [0.15, 0.2) is 0 Å². The molecule has 54 valence electrons. The van der Waals surface area contributed by atoms with E-state index >= 15 is 0 Å². The van der Waals surface area contributed by atoms with Crippen molar-refractivity contribution < 1.29 is 5.10 Å². The predicted molar refractivity (Wildman–Crippen MR) is 43.5 cm³/mol. The minimum Gasteiger partial charge on any atom is -0.753 e. The van der Waals surface area contributed by atoms with Crippen molar-refractivity contribution in [3.05, 3.63) is 5.41 Å². The van der Waals surface area contributed by atoms with Crippen molar-refractivity contribution in [1.82, 2.24) is 5.10 Å². The molecule has 0 bridgehead atoms. The van der Waals surface area contributed by atoms with Crippen LogP contribution in [0.5, 0.6) is 0 Å². The SMILES string of the molecule is Nc1n[nH+]c(N)s1.[N-]=C=S. The first-order valence-electron chi connectivity index (χ1n) is 2.11. The molecular formula is C3H5N5S2. The maximum atomic E-state index is 7.13. The van der Waals surface area contributed by atoms with Gasteiger partial charge in [0.2, 0.25) is 5.13 Å². The van der Waals surface area contributed by atoms with Crippen LogP contribution in [-0.2, 0) is 0 Å². The highest BCUT2D eigenvalue weighted by atomic mass is 32.1. The zero-order valence-electron chi connectivity index (χ0n) is 4.87. The van der Waals surface area contributed by atoms with Crippen molar-refractivity contribution in [2.45, 2.75) is 0 Å². The summed E-state index contributed by atoms with van der Waals surface area (Å²) < 4.78 is 0. The molecule has 1 aromatic heterocycles. The van der Waals surface area contributed by atoms with Gasteiger partial charge in [0.25, 0.3) is 0 Å². The van der Waals surface area contributed by atoms with E-state index in [-0.39, 0.29) is 0 Å². The molecule has 0 aliphatic carbocycles. The molecule has 0 atom stereocenters. The third kappa shape index (κ3) is 3.90. The van der Waals surface area contributed by atoms with Crippen LogP contribution >= 0.6 is 23.6 Å². The number of nitrogens with one attached hydrogen (secondary N) is 1. The topological polar surface area (TPSA) is 101 Å². The Morgan fingerprint density at radius 3 is 2.30 bits per heavy atom. The molecular weight excluding hydrogens is 170 g/mol. The lowest BCUT2D eigenvalue weighted by Gasteiger charge is -1.62. The Balaban J connectivity index is 0.000000236. The molecule has 0 saturated carbocycles. The number of nitrogens with zero attached hydrogens (tertiary/aromatic N) is 2. The van der Waals surface area contributed by atoms with E-state index in [0.717, 1.165) is 0 Å². The second-order valence-corrected chi connectivity index (χ2v) is 2.36. The molecule has 1 heterocycles. The Hall–Kier alpha value is -1.04. The molecule has 5 N–H and O–H groups in total. The molecule has 0 aromatic carbocycles. The van der Waals surface area contributed by atoms with Gasteiger partial charge in [-0.1, -0.05) is 17.3 Å². The van der Waals surface area contributed by atoms with Gasteiger partial charge in [-0.2, -0.15) is 5.16 Å². The third-order valence-corrected chi connectivity index (χ3v) is 1.10. The zero-order chi connectivity index (χ0) is 7.98. The first kappa shape index (κ1) is 8.96. The van der Waals surface area contributed by atoms with E-state index in [0.29, 0.717) is 10.3 Å². The number of aromatic nitrogens is 2. The number of nitrogens with two attached hydrogens (primary N) is 2. The van der Waals surface area contributed by atoms with Crippen molar-refractivity contribution in [2.24, 2.45) is 0 Å². The van der Waals surface area contributed by atoms with Gasteiger partial charge < -0.3 is 11.1 Å². The molecule has 0 fully saturated rings. The van der Waals surface area contributed by atoms with E-state index in [1.807, 2.05) is 0 Å². The van der Waals surface area contributed by atoms with Crippen LogP contribution in [0.3, 0.4) is 0 Å². The van der Waals surface area contributed by atoms with E-state index in [9.17, 15) is 0 Å². The van der Waals surface area contributed by atoms with Crippen LogP contribution in [0.4, 0.5) is 10.3 Å². The van der Waals surface area contributed by atoms with E-state index in [1.165, 1.54) is 16.5 Å². The Labute approximate surface area is 66.6 Å². The number of nitrogen functional groups attached to an aromatic ring is 2. The van der Waals surface area contributed by atoms with Gasteiger partial charge in [0.1, 0.15) is 0 Å². The molecule has 0 aliphatic heterocycles. The van der Waals surface area contributed by atoms with E-state index in [4.69, 9.17) is 16.9 Å². The molecule has 0 aliphatic rings. The van der Waals surface area contributed by atoms with Crippen molar-refractivity contribution in [3.63, 3.8) is 0 Å². The normalized spacial score (nSPS) is 7.20. The standard InChI is InChI=1S/C2H4N4S.CNS/c3-1-5-6-2(4)7-1;2-1-3/h(H2,3,5)(H2,4,6);/q;-1/p+1. The van der Waals surface area contributed by atoms with Crippen molar-refractivity contribution in [1.29, 1.82) is 0 Å². The van der Waals surface area contributed by atoms with Gasteiger partial charge in [-0.15, -0.1) is 5.10 Å². The monoisotopic (exact) mass is 175 g/mol. The molecule has 0 spiro atoms. The predicted octanol–water partition coefficient (Wildman–Crippen LogP) is -0.220. The van der Waals surface area contributed by atoms with Gasteiger partial charge in [-0.25, -0.2) is 0 Å². The van der Waals surface area contributed by atoms with Crippen LogP contribution < -0.4 is 16.6 Å². The number of H-pyrrole nitrogens is 1. The summed E-state index contributed by atoms with van der Waals surface area (Å²) in [6.07, 6.45) is 0. The Bertz CT molecular complexity index is 208. The summed E-state index contributed by atoms with van der Waals surface area (Å²) >= 11 is 4.93. The minimum absolute atomic E-state index is 0.470. The summed E-state index contributed by atoms with van der Waals surface area (Å²) in [6, 6.07) is 0. The smallest absolute Gasteiger partial charge is 0.353 e. The van der Waals surface area contributed by atoms with Crippen molar-refractivity contribution >= 4 is 39.0 Å². The summed E-state index contributed by atoms with van der Waals surface area (Å²) in [5, 5.41) is 15.5. The first-order chi connectivity index (χ1) is 4.70. The fourth-order valence-corrected chi connectivity index (χ4v) is 0.676. The Morgan fingerprint density at radius 1 is 1.70 bits per heavy atom. The maximum absolute atomic E-state index is 7.13. The number of isothiocyanates is 1. The lowest BCUT2D eigenvalue weighted by molar-refractivity contribution is -0.430. The van der Waals surface area contributed by atoms with Crippen molar-refractivity contribution in [2.75, 3.05) is 11.5 Å². The molecule has 0 amide bonds. The van der Waals surface area contributed by atoms with Gasteiger partial charge >= 0.3 is 5.13 Å². The second kappa shape index (κ2) is 4.80. The van der Waals surface area contributed by atoms with Crippen LogP contribution in [0.15, 0.2) is 0 Å². The highest BCUT2D eigenvalue weighted by Crippen LogP contribution is 2.06. The molecule has 0 radical (unpaired) electrons. The van der Waals surface area contributed by atoms with Crippen LogP contribution in [-0.4, -0.2) is 10.3 Å². The highest BCUT2D eigenvalue weighted by molar-refractivity contribution is 7.78. The van der Waals surface area contributed by atoms with E-state index in [2.05, 4.69) is 22.4 Å². The number of aromatic amines is 1. The maximum Gasteiger partial charge on any atom is 0.353 e. The summed E-state index contributed by atoms with van der Waals surface area (Å²) in [7, 11) is 0. The quantitative estimate of drug-likeness (QED) is 0.420. The Kier molecular flexibility index (Phi) is 4.30. The third-order valence-electron chi connectivity index (χ3n) is 0.491. The summed E-state index contributed by atoms with van der Waals surface area (Å²) in [5.74, 6) is 0. The van der Waals surface area contributed by atoms with Crippen LogP contribution in [0, 0.1) is 0 Å². The molecule has 1 rings (SSSR count). The van der Waals surface area contributed by atoms with Gasteiger partial charge in [0.05, 0.1) is 0 Å². The minimum atomic E-state index is 0.470. The summed E-state index contributed by atoms with van der Waals surface area (Å²) in [4.78, 5) is 0. The zero-order valence-corrected chi connectivity index (χ0v) is 6.50. The van der Waals surface area contributed by atoms with Crippen LogP contribution in [0.25, 0.3) is 5.41 Å². The van der Waals surface area contributed by atoms with Gasteiger partial charge in [-0.3, -0.25) is 5.73 Å². The number of rotatable bonds is 0. The fraction of sp³-hybridized carbons (Fsp3) is 0. The molecule has 5 nitrogen and oxygen atoms in total. The molecule has 7 heteroatoms. The van der Waals surface area contributed by atoms with E-state index in [1.54, 1.807) is 0 Å². The number of hydrogen-bond acceptors (Lipinski definition) is 5. The average Bonchev–Trinajstić information content (AvgIpc) is 2.17. The second-order valence-electron chi connectivity index (χ2n) is 1.12. The number of thiocarbonyl (C=S) groups is 1. The van der Waals surface area contributed by atoms with Crippen molar-refractivity contribution in [3.8, 4) is 0 Å². The summed E-state index contributed by atoms with van der Waals surface area (Å²) in [5.41, 5.74) is 10.4. The average molecular weight is 175 g/mol. The lowest BCUT2D eigenvalue weighted by Crippen LogP contribution is -2.07. The largest absolute Gasteiger partial charge is 0.753 e. The molecule has 0 unspecified atom stereocenters. The van der Waals surface area contributed by atoms with Crippen LogP contribution in [0.2, 0.25) is 0 Å². The fourth-order valence-electron chi connectivity index (χ4n) is 0.268. The molecule has 10 heavy (non-hydrogen) atoms. The number of anilines is 2.